The normalized spacial score (nSPS) is 12.1. The summed E-state index contributed by atoms with van der Waals surface area (Å²) >= 11 is 0. The number of nitrogens with zero attached hydrogens (tertiary/aromatic N) is 3. The Labute approximate surface area is 102 Å². The van der Waals surface area contributed by atoms with Crippen molar-refractivity contribution >= 4 is 5.96 Å². The Balaban J connectivity index is 2.30. The summed E-state index contributed by atoms with van der Waals surface area (Å²) in [5.74, 6) is 2.13. The molecule has 0 bridgehead atoms. The Morgan fingerprint density at radius 3 is 2.88 bits per heavy atom. The molecule has 0 aromatic carbocycles. The van der Waals surface area contributed by atoms with Crippen molar-refractivity contribution in [3.8, 4) is 0 Å². The van der Waals surface area contributed by atoms with Crippen LogP contribution in [0.15, 0.2) is 9.52 Å². The zero-order valence-electron chi connectivity index (χ0n) is 10.7. The standard InChI is InChI=1S/C11H21N5O/c1-4-6-13-11(12)14-7-5-9-15-10(8(2)3)16-17-9/h8H,4-7H2,1-3H3,(H3,12,13,14). The molecule has 3 N–H and O–H groups in total. The van der Waals surface area contributed by atoms with Gasteiger partial charge < -0.3 is 15.6 Å². The lowest BCUT2D eigenvalue weighted by Crippen LogP contribution is -2.33. The van der Waals surface area contributed by atoms with Crippen molar-refractivity contribution in [3.63, 3.8) is 0 Å². The second-order valence-electron chi connectivity index (χ2n) is 4.14. The van der Waals surface area contributed by atoms with Crippen LogP contribution in [-0.2, 0) is 6.42 Å². The topological polar surface area (TPSA) is 89.3 Å². The van der Waals surface area contributed by atoms with E-state index in [1.807, 2.05) is 13.8 Å². The number of hydrogen-bond acceptors (Lipinski definition) is 4. The van der Waals surface area contributed by atoms with Crippen LogP contribution < -0.4 is 11.1 Å². The van der Waals surface area contributed by atoms with Gasteiger partial charge in [0.1, 0.15) is 0 Å². The molecule has 0 atom stereocenters. The van der Waals surface area contributed by atoms with E-state index in [1.165, 1.54) is 0 Å². The summed E-state index contributed by atoms with van der Waals surface area (Å²) in [7, 11) is 0. The Morgan fingerprint density at radius 2 is 2.29 bits per heavy atom. The van der Waals surface area contributed by atoms with Crippen molar-refractivity contribution in [1.82, 2.24) is 15.5 Å². The van der Waals surface area contributed by atoms with Gasteiger partial charge in [0.05, 0.1) is 0 Å². The summed E-state index contributed by atoms with van der Waals surface area (Å²) in [6.45, 7) is 7.52. The van der Waals surface area contributed by atoms with Crippen molar-refractivity contribution in [2.75, 3.05) is 13.1 Å². The molecule has 6 nitrogen and oxygen atoms in total. The fourth-order valence-corrected chi connectivity index (χ4v) is 1.19. The summed E-state index contributed by atoms with van der Waals surface area (Å²) in [6.07, 6.45) is 1.64. The van der Waals surface area contributed by atoms with E-state index < -0.39 is 0 Å². The number of nitrogens with two attached hydrogens (primary N) is 1. The highest BCUT2D eigenvalue weighted by atomic mass is 16.5. The lowest BCUT2D eigenvalue weighted by molar-refractivity contribution is 0.371. The van der Waals surface area contributed by atoms with Gasteiger partial charge in [0.25, 0.3) is 0 Å². The van der Waals surface area contributed by atoms with E-state index in [2.05, 4.69) is 27.4 Å². The van der Waals surface area contributed by atoms with Crippen molar-refractivity contribution in [2.24, 2.45) is 10.7 Å². The predicted octanol–water partition coefficient (Wildman–Crippen LogP) is 1.05. The summed E-state index contributed by atoms with van der Waals surface area (Å²) in [5, 5.41) is 6.89. The molecular weight excluding hydrogens is 218 g/mol. The first-order valence-corrected chi connectivity index (χ1v) is 5.99. The lowest BCUT2D eigenvalue weighted by atomic mass is 10.2. The van der Waals surface area contributed by atoms with Crippen molar-refractivity contribution in [3.05, 3.63) is 11.7 Å². The minimum Gasteiger partial charge on any atom is -0.370 e. The highest BCUT2D eigenvalue weighted by molar-refractivity contribution is 5.77. The van der Waals surface area contributed by atoms with Gasteiger partial charge in [0.15, 0.2) is 11.8 Å². The molecule has 0 aliphatic rings. The number of hydrogen-bond donors (Lipinski definition) is 2. The van der Waals surface area contributed by atoms with Gasteiger partial charge in [-0.3, -0.25) is 4.99 Å². The first-order chi connectivity index (χ1) is 8.13. The van der Waals surface area contributed by atoms with E-state index in [-0.39, 0.29) is 5.92 Å². The predicted molar refractivity (Wildman–Crippen MR) is 66.9 cm³/mol. The quantitative estimate of drug-likeness (QED) is 0.572. The van der Waals surface area contributed by atoms with Crippen LogP contribution in [0.25, 0.3) is 0 Å². The molecule has 0 fully saturated rings. The van der Waals surface area contributed by atoms with E-state index in [0.29, 0.717) is 24.8 Å². The lowest BCUT2D eigenvalue weighted by Gasteiger charge is -2.02. The van der Waals surface area contributed by atoms with Gasteiger partial charge >= 0.3 is 0 Å². The average Bonchev–Trinajstić information content (AvgIpc) is 2.75. The number of aromatic nitrogens is 2. The molecule has 0 aliphatic heterocycles. The molecule has 0 unspecified atom stereocenters. The molecule has 1 heterocycles. The molecular formula is C11H21N5O. The molecule has 6 heteroatoms. The molecule has 0 aliphatic carbocycles. The Morgan fingerprint density at radius 1 is 1.53 bits per heavy atom. The van der Waals surface area contributed by atoms with Crippen molar-refractivity contribution in [1.29, 1.82) is 0 Å². The van der Waals surface area contributed by atoms with Crippen LogP contribution in [0.5, 0.6) is 0 Å². The third-order valence-electron chi connectivity index (χ3n) is 2.15. The maximum Gasteiger partial charge on any atom is 0.228 e. The van der Waals surface area contributed by atoms with Crippen LogP contribution in [0.2, 0.25) is 0 Å². The largest absolute Gasteiger partial charge is 0.370 e. The van der Waals surface area contributed by atoms with Crippen LogP contribution in [0.1, 0.15) is 44.8 Å². The average molecular weight is 239 g/mol. The van der Waals surface area contributed by atoms with Crippen molar-refractivity contribution < 1.29 is 4.52 Å². The molecule has 0 radical (unpaired) electrons. The molecule has 96 valence electrons. The zero-order chi connectivity index (χ0) is 12.7. The van der Waals surface area contributed by atoms with E-state index in [1.54, 1.807) is 0 Å². The van der Waals surface area contributed by atoms with Crippen LogP contribution in [0.3, 0.4) is 0 Å². The van der Waals surface area contributed by atoms with Crippen LogP contribution >= 0.6 is 0 Å². The monoisotopic (exact) mass is 239 g/mol. The van der Waals surface area contributed by atoms with Gasteiger partial charge in [0, 0.05) is 25.4 Å². The molecule has 1 rings (SSSR count). The first-order valence-electron chi connectivity index (χ1n) is 5.99. The summed E-state index contributed by atoms with van der Waals surface area (Å²) in [5.41, 5.74) is 5.65. The van der Waals surface area contributed by atoms with Gasteiger partial charge in [-0.25, -0.2) is 0 Å². The van der Waals surface area contributed by atoms with Gasteiger partial charge in [-0.2, -0.15) is 4.98 Å². The molecule has 17 heavy (non-hydrogen) atoms. The van der Waals surface area contributed by atoms with Crippen LogP contribution in [-0.4, -0.2) is 29.2 Å². The highest BCUT2D eigenvalue weighted by Crippen LogP contribution is 2.09. The van der Waals surface area contributed by atoms with Gasteiger partial charge in [-0.05, 0) is 6.42 Å². The van der Waals surface area contributed by atoms with Crippen LogP contribution in [0.4, 0.5) is 0 Å². The fraction of sp³-hybridized carbons (Fsp3) is 0.727. The third kappa shape index (κ3) is 4.84. The van der Waals surface area contributed by atoms with Gasteiger partial charge in [-0.15, -0.1) is 0 Å². The van der Waals surface area contributed by atoms with Crippen molar-refractivity contribution in [2.45, 2.75) is 39.5 Å². The molecule has 1 aromatic rings. The van der Waals surface area contributed by atoms with Gasteiger partial charge in [0.2, 0.25) is 5.89 Å². The third-order valence-corrected chi connectivity index (χ3v) is 2.15. The molecule has 0 amide bonds. The molecule has 0 spiro atoms. The molecule has 0 saturated heterocycles. The highest BCUT2D eigenvalue weighted by Gasteiger charge is 2.08. The van der Waals surface area contributed by atoms with Gasteiger partial charge in [-0.1, -0.05) is 25.9 Å². The second kappa shape index (κ2) is 6.88. The fourth-order valence-electron chi connectivity index (χ4n) is 1.19. The second-order valence-corrected chi connectivity index (χ2v) is 4.14. The summed E-state index contributed by atoms with van der Waals surface area (Å²) in [6, 6.07) is 0. The minimum absolute atomic E-state index is 0.289. The Hall–Kier alpha value is -1.59. The summed E-state index contributed by atoms with van der Waals surface area (Å²) < 4.78 is 5.11. The number of aliphatic imine (C=N–C) groups is 1. The number of guanidine groups is 1. The number of rotatable bonds is 6. The van der Waals surface area contributed by atoms with Crippen LogP contribution in [0, 0.1) is 0 Å². The summed E-state index contributed by atoms with van der Waals surface area (Å²) in [4.78, 5) is 8.39. The van der Waals surface area contributed by atoms with E-state index in [0.717, 1.165) is 18.8 Å². The van der Waals surface area contributed by atoms with E-state index >= 15 is 0 Å². The number of nitrogens with one attached hydrogen (secondary N) is 1. The van der Waals surface area contributed by atoms with E-state index in [9.17, 15) is 0 Å². The van der Waals surface area contributed by atoms with E-state index in [4.69, 9.17) is 10.3 Å². The maximum atomic E-state index is 5.65. The first kappa shape index (κ1) is 13.5. The smallest absolute Gasteiger partial charge is 0.228 e. The molecule has 1 aromatic heterocycles. The zero-order valence-corrected chi connectivity index (χ0v) is 10.7. The maximum absolute atomic E-state index is 5.65. The SMILES string of the molecule is CCCN=C(N)NCCc1nc(C(C)C)no1. The Kier molecular flexibility index (Phi) is 5.45. The Bertz CT molecular complexity index is 358. The molecule has 0 saturated carbocycles. The minimum atomic E-state index is 0.289.